The van der Waals surface area contributed by atoms with E-state index < -0.39 is 105 Å². The molecule has 2 N–H and O–H groups in total. The molecule has 0 aliphatic carbocycles. The van der Waals surface area contributed by atoms with Crippen LogP contribution in [-0.2, 0) is 37.6 Å². The molecule has 0 amide bonds. The average molecular weight is 937 g/mol. The second-order valence-electron chi connectivity index (χ2n) is 11.7. The van der Waals surface area contributed by atoms with Crippen LogP contribution in [0.3, 0.4) is 0 Å². The highest BCUT2D eigenvalue weighted by Gasteiger charge is 2.38. The molecule has 4 aromatic heterocycles. The lowest BCUT2D eigenvalue weighted by atomic mass is 10.0. The first-order chi connectivity index (χ1) is 29.3. The van der Waals surface area contributed by atoms with Gasteiger partial charge in [0, 0.05) is 34.3 Å². The minimum Gasteiger partial charge on any atom is -0.467 e. The van der Waals surface area contributed by atoms with E-state index in [-0.39, 0.29) is 11.4 Å². The first-order valence-electron chi connectivity index (χ1n) is 17.0. The summed E-state index contributed by atoms with van der Waals surface area (Å²) in [6.07, 6.45) is -17.7. The number of ether oxygens (including phenoxy) is 3. The number of alkyl halides is 12. The summed E-state index contributed by atoms with van der Waals surface area (Å²) >= 11 is 5.92. The molecule has 6 aromatic rings. The Hall–Kier alpha value is -6.74. The second kappa shape index (κ2) is 19.1. The summed E-state index contributed by atoms with van der Waals surface area (Å²) in [7, 11) is 1.92. The Morgan fingerprint density at radius 2 is 1.10 bits per heavy atom. The zero-order valence-electron chi connectivity index (χ0n) is 31.8. The molecule has 0 radical (unpaired) electrons. The number of aromatic nitrogens is 8. The largest absolute Gasteiger partial charge is 0.573 e. The smallest absolute Gasteiger partial charge is 0.467 e. The van der Waals surface area contributed by atoms with Gasteiger partial charge in [0.2, 0.25) is 0 Å². The van der Waals surface area contributed by atoms with E-state index in [9.17, 15) is 66.7 Å². The molecule has 340 valence electrons. The van der Waals surface area contributed by atoms with Crippen molar-refractivity contribution in [2.75, 3.05) is 24.9 Å². The van der Waals surface area contributed by atoms with E-state index in [1.165, 1.54) is 0 Å². The Morgan fingerprint density at radius 3 is 1.48 bits per heavy atom. The number of fused-ring (bicyclic) bond motifs is 2. The molecule has 0 fully saturated rings. The fourth-order valence-corrected chi connectivity index (χ4v) is 5.35. The third kappa shape index (κ3) is 12.0. The molecule has 0 saturated heterocycles. The topological polar surface area (TPSA) is 172 Å². The lowest BCUT2D eigenvalue weighted by Gasteiger charge is -2.21. The van der Waals surface area contributed by atoms with E-state index in [4.69, 9.17) is 11.6 Å². The monoisotopic (exact) mass is 936 g/mol. The standard InChI is InChI=1S/C16H10ClF6N5O2.C16H10F7N5O3.C2H6/c1-30-13(29)12(8-3-2-7(4-9(8)17)15(18,19)20)27-11-5-10(16(21,22)23)26-14-24-6-25-28(11)14;1-30-13(29)12(8-3-2-7(4-9(8)17)31-16(21,22)23)27-11-5-10(15(18,19)20)26-14-24-6-25-28(11)14;1-2/h2-6,12,27H,1H3;2-6,12,27H,1H3;1-2H3. The normalized spacial score (nSPS) is 12.9. The lowest BCUT2D eigenvalue weighted by molar-refractivity contribution is -0.274. The zero-order valence-corrected chi connectivity index (χ0v) is 32.6. The Kier molecular flexibility index (Phi) is 14.8. The predicted octanol–water partition coefficient (Wildman–Crippen LogP) is 8.67. The Balaban J connectivity index is 0.000000266. The van der Waals surface area contributed by atoms with Gasteiger partial charge in [0.15, 0.2) is 23.5 Å². The van der Waals surface area contributed by atoms with Crippen LogP contribution in [0.5, 0.6) is 5.75 Å². The number of nitrogens with zero attached hydrogens (tertiary/aromatic N) is 8. The van der Waals surface area contributed by atoms with Crippen LogP contribution < -0.4 is 15.4 Å². The van der Waals surface area contributed by atoms with Gasteiger partial charge in [-0.1, -0.05) is 31.5 Å². The van der Waals surface area contributed by atoms with E-state index in [0.717, 1.165) is 54.1 Å². The number of carbonyl (C=O) groups is 2. The van der Waals surface area contributed by atoms with E-state index in [2.05, 4.69) is 55.0 Å². The van der Waals surface area contributed by atoms with Crippen LogP contribution in [0.2, 0.25) is 5.02 Å². The van der Waals surface area contributed by atoms with Gasteiger partial charge < -0.3 is 24.8 Å². The highest BCUT2D eigenvalue weighted by molar-refractivity contribution is 6.31. The maximum Gasteiger partial charge on any atom is 0.573 e. The van der Waals surface area contributed by atoms with Crippen molar-refractivity contribution in [3.63, 3.8) is 0 Å². The molecule has 0 bridgehead atoms. The van der Waals surface area contributed by atoms with Crippen LogP contribution in [0.4, 0.5) is 68.7 Å². The van der Waals surface area contributed by atoms with Crippen molar-refractivity contribution in [2.24, 2.45) is 0 Å². The van der Waals surface area contributed by atoms with Crippen molar-refractivity contribution in [2.45, 2.75) is 50.8 Å². The first kappa shape index (κ1) is 48.9. The SMILES string of the molecule is CC.COC(=O)C(Nc1cc(C(F)(F)F)nc2ncnn12)c1ccc(C(F)(F)F)cc1Cl.COC(=O)C(Nc1cc(C(F)(F)F)nc2ncnn12)c1ccc(OC(F)(F)F)cc1F. The molecule has 0 spiro atoms. The van der Waals surface area contributed by atoms with E-state index in [1.54, 1.807) is 0 Å². The number of hydrogen-bond donors (Lipinski definition) is 2. The number of benzene rings is 2. The zero-order chi connectivity index (χ0) is 47.2. The molecular formula is C34H26ClF13N10O5. The van der Waals surface area contributed by atoms with Crippen LogP contribution >= 0.6 is 11.6 Å². The van der Waals surface area contributed by atoms with Crippen molar-refractivity contribution < 1.29 is 80.9 Å². The number of methoxy groups -OCH3 is 2. The fraction of sp³-hybridized carbons (Fsp3) is 0.294. The summed E-state index contributed by atoms with van der Waals surface area (Å²) in [6.45, 7) is 4.00. The second-order valence-corrected chi connectivity index (χ2v) is 12.1. The van der Waals surface area contributed by atoms with Gasteiger partial charge in [-0.25, -0.2) is 23.9 Å². The van der Waals surface area contributed by atoms with E-state index in [0.29, 0.717) is 30.3 Å². The molecule has 0 aliphatic heterocycles. The summed E-state index contributed by atoms with van der Waals surface area (Å²) in [6, 6.07) is 1.81. The Labute approximate surface area is 348 Å². The molecule has 2 unspecified atom stereocenters. The minimum atomic E-state index is -5.09. The predicted molar refractivity (Wildman–Crippen MR) is 189 cm³/mol. The lowest BCUT2D eigenvalue weighted by Crippen LogP contribution is -2.25. The van der Waals surface area contributed by atoms with Crippen LogP contribution in [0.25, 0.3) is 11.6 Å². The Morgan fingerprint density at radius 1 is 0.651 bits per heavy atom. The average Bonchev–Trinajstić information content (AvgIpc) is 3.89. The summed E-state index contributed by atoms with van der Waals surface area (Å²) < 4.78 is 183. The van der Waals surface area contributed by atoms with Crippen LogP contribution in [-0.4, -0.2) is 71.7 Å². The maximum atomic E-state index is 14.5. The van der Waals surface area contributed by atoms with Gasteiger partial charge in [0.05, 0.1) is 19.8 Å². The molecule has 0 aliphatic rings. The quantitative estimate of drug-likeness (QED) is 0.104. The number of rotatable bonds is 9. The third-order valence-electron chi connectivity index (χ3n) is 7.70. The van der Waals surface area contributed by atoms with Crippen molar-refractivity contribution in [3.8, 4) is 5.75 Å². The number of carbonyl (C=O) groups excluding carboxylic acids is 2. The minimum absolute atomic E-state index is 0.157. The van der Waals surface area contributed by atoms with Gasteiger partial charge in [-0.05, 0) is 24.3 Å². The number of nitrogens with one attached hydrogen (secondary N) is 2. The van der Waals surface area contributed by atoms with Gasteiger partial charge in [-0.15, -0.1) is 13.2 Å². The number of halogens is 14. The highest BCUT2D eigenvalue weighted by atomic mass is 35.5. The highest BCUT2D eigenvalue weighted by Crippen LogP contribution is 2.37. The summed E-state index contributed by atoms with van der Waals surface area (Å²) in [5.74, 6) is -6.11. The van der Waals surface area contributed by atoms with Crippen LogP contribution in [0.15, 0.2) is 61.2 Å². The van der Waals surface area contributed by atoms with Crippen molar-refractivity contribution in [3.05, 3.63) is 100 Å². The summed E-state index contributed by atoms with van der Waals surface area (Å²) in [5.41, 5.74) is -4.46. The number of anilines is 2. The van der Waals surface area contributed by atoms with Crippen LogP contribution in [0, 0.1) is 5.82 Å². The molecule has 15 nitrogen and oxygen atoms in total. The first-order valence-corrected chi connectivity index (χ1v) is 17.3. The van der Waals surface area contributed by atoms with Gasteiger partial charge in [-0.3, -0.25) is 0 Å². The van der Waals surface area contributed by atoms with Crippen molar-refractivity contribution in [1.82, 2.24) is 39.2 Å². The molecule has 6 rings (SSSR count). The van der Waals surface area contributed by atoms with Crippen molar-refractivity contribution in [1.29, 1.82) is 0 Å². The van der Waals surface area contributed by atoms with Gasteiger partial charge in [0.25, 0.3) is 11.6 Å². The Bertz CT molecular complexity index is 2560. The molecule has 63 heavy (non-hydrogen) atoms. The molecule has 4 heterocycles. The molecule has 29 heteroatoms. The summed E-state index contributed by atoms with van der Waals surface area (Å²) in [4.78, 5) is 38.2. The van der Waals surface area contributed by atoms with Gasteiger partial charge in [0.1, 0.15) is 35.9 Å². The van der Waals surface area contributed by atoms with E-state index >= 15 is 0 Å². The van der Waals surface area contributed by atoms with E-state index in [1.807, 2.05) is 13.8 Å². The maximum absolute atomic E-state index is 14.5. The third-order valence-corrected chi connectivity index (χ3v) is 8.03. The molecule has 2 aromatic carbocycles. The van der Waals surface area contributed by atoms with Gasteiger partial charge >= 0.3 is 36.8 Å². The molecule has 2 atom stereocenters. The number of hydrogen-bond acceptors (Lipinski definition) is 13. The molecule has 0 saturated carbocycles. The van der Waals surface area contributed by atoms with Crippen molar-refractivity contribution >= 4 is 46.7 Å². The number of esters is 2. The summed E-state index contributed by atoms with van der Waals surface area (Å²) in [5, 5.41) is 11.7. The molecular weight excluding hydrogens is 911 g/mol. The fourth-order valence-electron chi connectivity index (χ4n) is 5.06. The van der Waals surface area contributed by atoms with Gasteiger partial charge in [-0.2, -0.15) is 68.7 Å². The van der Waals surface area contributed by atoms with Crippen LogP contribution in [0.1, 0.15) is 54.0 Å².